The summed E-state index contributed by atoms with van der Waals surface area (Å²) in [5.74, 6) is 2.49. The van der Waals surface area contributed by atoms with Crippen molar-refractivity contribution in [1.29, 1.82) is 0 Å². The van der Waals surface area contributed by atoms with E-state index in [1.807, 2.05) is 12.1 Å². The highest BCUT2D eigenvalue weighted by molar-refractivity contribution is 5.77. The number of methoxy groups -OCH3 is 2. The second-order valence-electron chi connectivity index (χ2n) is 8.89. The number of nitrogens with one attached hydrogen (secondary N) is 1. The van der Waals surface area contributed by atoms with E-state index >= 15 is 0 Å². The smallest absolute Gasteiger partial charge is 0.246 e. The van der Waals surface area contributed by atoms with E-state index in [0.29, 0.717) is 6.04 Å². The molecule has 4 atom stereocenters. The lowest BCUT2D eigenvalue weighted by Crippen LogP contribution is -2.59. The number of rotatable bonds is 8. The molecule has 1 aromatic rings. The first-order chi connectivity index (χ1) is 14.7. The Kier molecular flexibility index (Phi) is 7.12. The number of para-hydroxylation sites is 2. The number of hydrogen-bond acceptors (Lipinski definition) is 6. The fourth-order valence-electron chi connectivity index (χ4n) is 5.48. The van der Waals surface area contributed by atoms with Crippen LogP contribution in [-0.4, -0.2) is 94.9 Å². The molecular weight excluding hydrogens is 380 g/mol. The molecule has 7 heteroatoms. The third-order valence-electron chi connectivity index (χ3n) is 7.12. The summed E-state index contributed by atoms with van der Waals surface area (Å²) in [7, 11) is 3.31. The van der Waals surface area contributed by atoms with E-state index in [1.165, 1.54) is 38.2 Å². The number of amides is 1. The molecule has 0 aliphatic carbocycles. The van der Waals surface area contributed by atoms with Crippen molar-refractivity contribution < 1.29 is 14.3 Å². The molecule has 1 aromatic carbocycles. The first kappa shape index (κ1) is 21.4. The van der Waals surface area contributed by atoms with Crippen LogP contribution >= 0.6 is 0 Å². The lowest BCUT2D eigenvalue weighted by molar-refractivity contribution is -0.125. The first-order valence-corrected chi connectivity index (χ1v) is 11.3. The Balaban J connectivity index is 1.24. The van der Waals surface area contributed by atoms with Gasteiger partial charge in [0.2, 0.25) is 5.91 Å². The molecule has 0 radical (unpaired) electrons. The Morgan fingerprint density at radius 3 is 2.63 bits per heavy atom. The predicted molar refractivity (Wildman–Crippen MR) is 118 cm³/mol. The van der Waals surface area contributed by atoms with E-state index in [0.717, 1.165) is 50.3 Å². The first-order valence-electron chi connectivity index (χ1n) is 11.3. The number of anilines is 1. The van der Waals surface area contributed by atoms with Gasteiger partial charge in [0.05, 0.1) is 12.8 Å². The van der Waals surface area contributed by atoms with Gasteiger partial charge in [0.15, 0.2) is 0 Å². The normalized spacial score (nSPS) is 29.1. The summed E-state index contributed by atoms with van der Waals surface area (Å²) >= 11 is 0. The standard InChI is InChI=1S/C23H36N4O3/c1-29-17-23(28)24-14-20-13-18-7-8-27(20)16-19(18)15-25-9-11-26(12-10-25)21-5-3-4-6-22(21)30-2/h3-6,18-20H,7-17H2,1-2H3,(H,24,28)/t18-,19+,20-/m1/s1. The van der Waals surface area contributed by atoms with Crippen LogP contribution in [-0.2, 0) is 9.53 Å². The zero-order valence-electron chi connectivity index (χ0n) is 18.4. The van der Waals surface area contributed by atoms with E-state index < -0.39 is 0 Å². The zero-order chi connectivity index (χ0) is 20.9. The third kappa shape index (κ3) is 4.90. The summed E-state index contributed by atoms with van der Waals surface area (Å²) in [6.45, 7) is 8.77. The lowest BCUT2D eigenvalue weighted by Gasteiger charge is -2.51. The van der Waals surface area contributed by atoms with E-state index in [-0.39, 0.29) is 12.5 Å². The van der Waals surface area contributed by atoms with Gasteiger partial charge in [0, 0.05) is 59.0 Å². The molecule has 0 aromatic heterocycles. The number of hydrogen-bond donors (Lipinski definition) is 1. The van der Waals surface area contributed by atoms with Crippen LogP contribution < -0.4 is 15.0 Å². The van der Waals surface area contributed by atoms with Gasteiger partial charge in [0.1, 0.15) is 12.4 Å². The van der Waals surface area contributed by atoms with Crippen LogP contribution in [0.5, 0.6) is 5.75 Å². The van der Waals surface area contributed by atoms with Crippen molar-refractivity contribution in [2.45, 2.75) is 18.9 Å². The van der Waals surface area contributed by atoms with E-state index in [9.17, 15) is 4.79 Å². The SMILES string of the molecule is COCC(=O)NC[C@H]1C[C@H]2CCN1C[C@@H]2CN1CCN(c2ccccc2OC)CC1. The summed E-state index contributed by atoms with van der Waals surface area (Å²) in [6.07, 6.45) is 2.51. The van der Waals surface area contributed by atoms with E-state index in [2.05, 4.69) is 32.1 Å². The third-order valence-corrected chi connectivity index (χ3v) is 7.12. The number of carbonyl (C=O) groups is 1. The van der Waals surface area contributed by atoms with Crippen molar-refractivity contribution in [1.82, 2.24) is 15.1 Å². The molecule has 4 fully saturated rings. The molecule has 30 heavy (non-hydrogen) atoms. The van der Waals surface area contributed by atoms with Gasteiger partial charge in [-0.15, -0.1) is 0 Å². The van der Waals surface area contributed by atoms with Crippen LogP contribution in [0.1, 0.15) is 12.8 Å². The van der Waals surface area contributed by atoms with Gasteiger partial charge in [-0.05, 0) is 43.4 Å². The molecule has 4 aliphatic rings. The van der Waals surface area contributed by atoms with Gasteiger partial charge < -0.3 is 19.7 Å². The van der Waals surface area contributed by atoms with Crippen molar-refractivity contribution >= 4 is 11.6 Å². The summed E-state index contributed by atoms with van der Waals surface area (Å²) in [5.41, 5.74) is 1.21. The number of ether oxygens (including phenoxy) is 2. The van der Waals surface area contributed by atoms with Crippen molar-refractivity contribution in [3.05, 3.63) is 24.3 Å². The van der Waals surface area contributed by atoms with Crippen LogP contribution in [0.15, 0.2) is 24.3 Å². The monoisotopic (exact) mass is 416 g/mol. The summed E-state index contributed by atoms with van der Waals surface area (Å²) in [6, 6.07) is 8.81. The molecule has 166 valence electrons. The highest BCUT2D eigenvalue weighted by atomic mass is 16.5. The number of carbonyl (C=O) groups excluding carboxylic acids is 1. The highest BCUT2D eigenvalue weighted by Crippen LogP contribution is 2.37. The maximum absolute atomic E-state index is 11.7. The Labute approximate surface area is 180 Å². The van der Waals surface area contributed by atoms with Gasteiger partial charge in [-0.2, -0.15) is 0 Å². The number of piperazine rings is 1. The molecular formula is C23H36N4O3. The minimum Gasteiger partial charge on any atom is -0.495 e. The second kappa shape index (κ2) is 9.98. The number of nitrogens with zero attached hydrogens (tertiary/aromatic N) is 3. The Morgan fingerprint density at radius 1 is 1.13 bits per heavy atom. The maximum Gasteiger partial charge on any atom is 0.246 e. The zero-order valence-corrected chi connectivity index (χ0v) is 18.4. The highest BCUT2D eigenvalue weighted by Gasteiger charge is 2.40. The topological polar surface area (TPSA) is 57.3 Å². The molecule has 5 rings (SSSR count). The van der Waals surface area contributed by atoms with Crippen LogP contribution in [0.4, 0.5) is 5.69 Å². The second-order valence-corrected chi connectivity index (χ2v) is 8.89. The van der Waals surface area contributed by atoms with Crippen LogP contribution in [0, 0.1) is 11.8 Å². The summed E-state index contributed by atoms with van der Waals surface area (Å²) < 4.78 is 10.5. The van der Waals surface area contributed by atoms with E-state index in [1.54, 1.807) is 14.2 Å². The molecule has 0 saturated carbocycles. The molecule has 4 aliphatic heterocycles. The summed E-state index contributed by atoms with van der Waals surface area (Å²) in [4.78, 5) is 19.4. The molecule has 4 heterocycles. The fourth-order valence-corrected chi connectivity index (χ4v) is 5.48. The summed E-state index contributed by atoms with van der Waals surface area (Å²) in [5, 5.41) is 3.03. The van der Waals surface area contributed by atoms with Gasteiger partial charge in [-0.1, -0.05) is 12.1 Å². The average molecular weight is 417 g/mol. The Bertz CT molecular complexity index is 707. The van der Waals surface area contributed by atoms with Crippen LogP contribution in [0.2, 0.25) is 0 Å². The molecule has 1 amide bonds. The molecule has 1 N–H and O–H groups in total. The number of fused-ring (bicyclic) bond motifs is 3. The minimum atomic E-state index is -0.00962. The van der Waals surface area contributed by atoms with Gasteiger partial charge in [0.25, 0.3) is 0 Å². The average Bonchev–Trinajstić information content (AvgIpc) is 2.79. The molecule has 4 saturated heterocycles. The fraction of sp³-hybridized carbons (Fsp3) is 0.696. The molecule has 7 nitrogen and oxygen atoms in total. The van der Waals surface area contributed by atoms with Crippen molar-refractivity contribution in [3.8, 4) is 5.75 Å². The van der Waals surface area contributed by atoms with Gasteiger partial charge in [-0.25, -0.2) is 0 Å². The number of benzene rings is 1. The Morgan fingerprint density at radius 2 is 1.93 bits per heavy atom. The van der Waals surface area contributed by atoms with Crippen molar-refractivity contribution in [2.75, 3.05) is 78.1 Å². The van der Waals surface area contributed by atoms with Gasteiger partial charge in [-0.3, -0.25) is 14.6 Å². The van der Waals surface area contributed by atoms with E-state index in [4.69, 9.17) is 9.47 Å². The van der Waals surface area contributed by atoms with Crippen LogP contribution in [0.3, 0.4) is 0 Å². The Hall–Kier alpha value is -1.83. The van der Waals surface area contributed by atoms with Crippen molar-refractivity contribution in [3.63, 3.8) is 0 Å². The molecule has 0 spiro atoms. The maximum atomic E-state index is 11.7. The largest absolute Gasteiger partial charge is 0.495 e. The van der Waals surface area contributed by atoms with Crippen LogP contribution in [0.25, 0.3) is 0 Å². The lowest BCUT2D eigenvalue weighted by atomic mass is 9.75. The quantitative estimate of drug-likeness (QED) is 0.689. The minimum absolute atomic E-state index is 0.00962. The molecule has 1 unspecified atom stereocenters. The van der Waals surface area contributed by atoms with Gasteiger partial charge >= 0.3 is 0 Å². The predicted octanol–water partition coefficient (Wildman–Crippen LogP) is 1.29. The molecule has 2 bridgehead atoms. The van der Waals surface area contributed by atoms with Crippen molar-refractivity contribution in [2.24, 2.45) is 11.8 Å². The number of piperidine rings is 3.